The lowest BCUT2D eigenvalue weighted by Crippen LogP contribution is -2.30. The van der Waals surface area contributed by atoms with Crippen molar-refractivity contribution in [2.45, 2.75) is 26.7 Å². The predicted molar refractivity (Wildman–Crippen MR) is 80.2 cm³/mol. The number of amides is 2. The van der Waals surface area contributed by atoms with Crippen molar-refractivity contribution in [1.82, 2.24) is 0 Å². The van der Waals surface area contributed by atoms with E-state index in [0.717, 1.165) is 16.0 Å². The largest absolute Gasteiger partial charge is 0.274 e. The van der Waals surface area contributed by atoms with Gasteiger partial charge in [0, 0.05) is 12.1 Å². The fourth-order valence-corrected chi connectivity index (χ4v) is 3.25. The molecule has 0 aromatic heterocycles. The standard InChI is InChI=1S/C16H16N2O4/c1-9-6-13-14(7-10(9)2)16(20)17(15(13)19)11-4-3-5-12(8-11)18(21)22/h3-5,8,13-14H,6-7H2,1-2H3/t13-,14-/m0/s1. The molecule has 0 bridgehead atoms. The predicted octanol–water partition coefficient (Wildman–Crippen LogP) is 2.83. The van der Waals surface area contributed by atoms with Crippen molar-refractivity contribution < 1.29 is 14.5 Å². The second kappa shape index (κ2) is 5.05. The van der Waals surface area contributed by atoms with Gasteiger partial charge in [-0.05, 0) is 32.8 Å². The van der Waals surface area contributed by atoms with Crippen LogP contribution in [0.5, 0.6) is 0 Å². The lowest BCUT2D eigenvalue weighted by atomic mass is 9.78. The number of anilines is 1. The summed E-state index contributed by atoms with van der Waals surface area (Å²) in [7, 11) is 0. The van der Waals surface area contributed by atoms with Crippen molar-refractivity contribution in [3.8, 4) is 0 Å². The summed E-state index contributed by atoms with van der Waals surface area (Å²) in [5.41, 5.74) is 2.47. The molecule has 0 unspecified atom stereocenters. The van der Waals surface area contributed by atoms with Gasteiger partial charge in [-0.25, -0.2) is 4.90 Å². The minimum Gasteiger partial charge on any atom is -0.274 e. The van der Waals surface area contributed by atoms with Crippen LogP contribution in [-0.4, -0.2) is 16.7 Å². The number of fused-ring (bicyclic) bond motifs is 1. The van der Waals surface area contributed by atoms with Gasteiger partial charge < -0.3 is 0 Å². The first-order valence-electron chi connectivity index (χ1n) is 7.17. The van der Waals surface area contributed by atoms with E-state index in [-0.39, 0.29) is 35.0 Å². The second-order valence-corrected chi connectivity index (χ2v) is 5.97. The van der Waals surface area contributed by atoms with Crippen LogP contribution in [0.15, 0.2) is 35.4 Å². The molecule has 0 spiro atoms. The van der Waals surface area contributed by atoms with Gasteiger partial charge in [-0.2, -0.15) is 0 Å². The maximum Gasteiger partial charge on any atom is 0.271 e. The third-order valence-electron chi connectivity index (χ3n) is 4.64. The summed E-state index contributed by atoms with van der Waals surface area (Å²) in [5.74, 6) is -1.17. The molecule has 1 aliphatic heterocycles. The summed E-state index contributed by atoms with van der Waals surface area (Å²) in [5, 5.41) is 10.9. The molecule has 22 heavy (non-hydrogen) atoms. The van der Waals surface area contributed by atoms with Crippen LogP contribution in [0.1, 0.15) is 26.7 Å². The summed E-state index contributed by atoms with van der Waals surface area (Å²) < 4.78 is 0. The molecule has 1 aromatic rings. The van der Waals surface area contributed by atoms with E-state index in [1.54, 1.807) is 6.07 Å². The third kappa shape index (κ3) is 2.11. The quantitative estimate of drug-likeness (QED) is 0.364. The maximum absolute atomic E-state index is 12.6. The number of carbonyl (C=O) groups excluding carboxylic acids is 2. The van der Waals surface area contributed by atoms with Crippen molar-refractivity contribution in [3.05, 3.63) is 45.5 Å². The van der Waals surface area contributed by atoms with E-state index < -0.39 is 4.92 Å². The van der Waals surface area contributed by atoms with E-state index >= 15 is 0 Å². The molecule has 6 heteroatoms. The van der Waals surface area contributed by atoms with Crippen molar-refractivity contribution in [2.24, 2.45) is 11.8 Å². The zero-order valence-electron chi connectivity index (χ0n) is 12.4. The zero-order chi connectivity index (χ0) is 16.0. The molecule has 0 N–H and O–H groups in total. The molecule has 1 aliphatic carbocycles. The summed E-state index contributed by atoms with van der Waals surface area (Å²) in [6.07, 6.45) is 1.18. The second-order valence-electron chi connectivity index (χ2n) is 5.97. The molecule has 114 valence electrons. The average Bonchev–Trinajstić information content (AvgIpc) is 2.71. The fraction of sp³-hybridized carbons (Fsp3) is 0.375. The number of allylic oxidation sites excluding steroid dienone is 2. The molecule has 1 heterocycles. The van der Waals surface area contributed by atoms with Crippen LogP contribution in [0.2, 0.25) is 0 Å². The number of nitrogens with zero attached hydrogens (tertiary/aromatic N) is 2. The van der Waals surface area contributed by atoms with Gasteiger partial charge in [-0.3, -0.25) is 19.7 Å². The van der Waals surface area contributed by atoms with Crippen LogP contribution >= 0.6 is 0 Å². The van der Waals surface area contributed by atoms with Gasteiger partial charge >= 0.3 is 0 Å². The Bertz CT molecular complexity index is 691. The van der Waals surface area contributed by atoms with Gasteiger partial charge in [0.25, 0.3) is 5.69 Å². The molecule has 6 nitrogen and oxygen atoms in total. The normalized spacial score (nSPS) is 24.7. The first-order valence-corrected chi connectivity index (χ1v) is 7.17. The number of hydrogen-bond donors (Lipinski definition) is 0. The third-order valence-corrected chi connectivity index (χ3v) is 4.64. The van der Waals surface area contributed by atoms with E-state index in [9.17, 15) is 19.7 Å². The Morgan fingerprint density at radius 1 is 1.09 bits per heavy atom. The molecule has 1 aromatic carbocycles. The van der Waals surface area contributed by atoms with Gasteiger partial charge in [0.15, 0.2) is 0 Å². The van der Waals surface area contributed by atoms with Gasteiger partial charge in [-0.15, -0.1) is 0 Å². The summed E-state index contributed by atoms with van der Waals surface area (Å²) in [6, 6.07) is 5.68. The van der Waals surface area contributed by atoms with Gasteiger partial charge in [0.2, 0.25) is 11.8 Å². The minimum atomic E-state index is -0.530. The van der Waals surface area contributed by atoms with Gasteiger partial charge in [0.1, 0.15) is 0 Å². The van der Waals surface area contributed by atoms with Crippen LogP contribution < -0.4 is 4.90 Å². The summed E-state index contributed by atoms with van der Waals surface area (Å²) in [4.78, 5) is 36.7. The number of hydrogen-bond acceptors (Lipinski definition) is 4. The highest BCUT2D eigenvalue weighted by Gasteiger charge is 2.49. The number of carbonyl (C=O) groups is 2. The van der Waals surface area contributed by atoms with Crippen LogP contribution in [0, 0.1) is 22.0 Å². The highest BCUT2D eigenvalue weighted by molar-refractivity contribution is 6.22. The Labute approximate surface area is 127 Å². The van der Waals surface area contributed by atoms with Crippen LogP contribution in [0.25, 0.3) is 0 Å². The Morgan fingerprint density at radius 3 is 2.14 bits per heavy atom. The summed E-state index contributed by atoms with van der Waals surface area (Å²) >= 11 is 0. The molecule has 2 amide bonds. The van der Waals surface area contributed by atoms with Gasteiger partial charge in [-0.1, -0.05) is 17.2 Å². The number of non-ortho nitro benzene ring substituents is 1. The molecule has 1 saturated heterocycles. The Balaban J connectivity index is 1.97. The first kappa shape index (κ1) is 14.4. The van der Waals surface area contributed by atoms with Crippen LogP contribution in [0.4, 0.5) is 11.4 Å². The topological polar surface area (TPSA) is 80.5 Å². The number of imide groups is 1. The zero-order valence-corrected chi connectivity index (χ0v) is 12.4. The smallest absolute Gasteiger partial charge is 0.271 e. The fourth-order valence-electron chi connectivity index (χ4n) is 3.25. The van der Waals surface area contributed by atoms with Crippen molar-refractivity contribution in [2.75, 3.05) is 4.90 Å². The monoisotopic (exact) mass is 300 g/mol. The number of benzene rings is 1. The Hall–Kier alpha value is -2.50. The SMILES string of the molecule is CC1=C(C)C[C@@H]2C(=O)N(c3cccc([N+](=O)[O-])c3)C(=O)[C@H]2C1. The number of nitro groups is 1. The van der Waals surface area contributed by atoms with Gasteiger partial charge in [0.05, 0.1) is 22.4 Å². The molecule has 0 saturated carbocycles. The molecular formula is C16H16N2O4. The molecule has 2 atom stereocenters. The molecule has 1 fully saturated rings. The number of rotatable bonds is 2. The lowest BCUT2D eigenvalue weighted by Gasteiger charge is -2.23. The Kier molecular flexibility index (Phi) is 3.31. The van der Waals surface area contributed by atoms with Crippen molar-refractivity contribution in [1.29, 1.82) is 0 Å². The van der Waals surface area contributed by atoms with E-state index in [2.05, 4.69) is 0 Å². The van der Waals surface area contributed by atoms with E-state index in [1.165, 1.54) is 18.2 Å². The molecular weight excluding hydrogens is 284 g/mol. The maximum atomic E-state index is 12.6. The van der Waals surface area contributed by atoms with E-state index in [4.69, 9.17) is 0 Å². The van der Waals surface area contributed by atoms with Crippen LogP contribution in [-0.2, 0) is 9.59 Å². The van der Waals surface area contributed by atoms with Crippen molar-refractivity contribution in [3.63, 3.8) is 0 Å². The van der Waals surface area contributed by atoms with E-state index in [1.807, 2.05) is 13.8 Å². The highest BCUT2D eigenvalue weighted by atomic mass is 16.6. The Morgan fingerprint density at radius 2 is 1.64 bits per heavy atom. The lowest BCUT2D eigenvalue weighted by molar-refractivity contribution is -0.384. The minimum absolute atomic E-state index is 0.126. The first-order chi connectivity index (χ1) is 10.4. The van der Waals surface area contributed by atoms with E-state index in [0.29, 0.717) is 12.8 Å². The van der Waals surface area contributed by atoms with Crippen LogP contribution in [0.3, 0.4) is 0 Å². The molecule has 2 aliphatic rings. The number of nitro benzene ring substituents is 1. The molecule has 3 rings (SSSR count). The summed E-state index contributed by atoms with van der Waals surface area (Å²) in [6.45, 7) is 3.97. The molecule has 0 radical (unpaired) electrons. The van der Waals surface area contributed by atoms with Crippen molar-refractivity contribution >= 4 is 23.2 Å². The highest BCUT2D eigenvalue weighted by Crippen LogP contribution is 2.42. The average molecular weight is 300 g/mol.